The van der Waals surface area contributed by atoms with Crippen molar-refractivity contribution in [1.29, 1.82) is 0 Å². The Morgan fingerprint density at radius 3 is 2.57 bits per heavy atom. The molecule has 0 aliphatic rings. The van der Waals surface area contributed by atoms with Gasteiger partial charge in [-0.1, -0.05) is 6.07 Å². The van der Waals surface area contributed by atoms with Gasteiger partial charge in [-0.05, 0) is 25.3 Å². The molecule has 1 rings (SSSR count). The lowest BCUT2D eigenvalue weighted by molar-refractivity contribution is -0.138. The van der Waals surface area contributed by atoms with Crippen LogP contribution in [0.25, 0.3) is 0 Å². The van der Waals surface area contributed by atoms with Gasteiger partial charge in [0.15, 0.2) is 0 Å². The first kappa shape index (κ1) is 17.1. The van der Waals surface area contributed by atoms with Crippen LogP contribution in [0, 0.1) is 0 Å². The molecule has 0 aromatic carbocycles. The summed E-state index contributed by atoms with van der Waals surface area (Å²) in [4.78, 5) is 36.2. The van der Waals surface area contributed by atoms with Crippen LogP contribution in [0.2, 0.25) is 0 Å². The summed E-state index contributed by atoms with van der Waals surface area (Å²) in [6.07, 6.45) is -0.0347. The van der Waals surface area contributed by atoms with Crippen LogP contribution < -0.4 is 10.9 Å². The molecule has 3 N–H and O–H groups in total. The molecule has 1 aromatic rings. The van der Waals surface area contributed by atoms with Gasteiger partial charge in [0.1, 0.15) is 0 Å². The lowest BCUT2D eigenvalue weighted by Crippen LogP contribution is -2.48. The lowest BCUT2D eigenvalue weighted by atomic mass is 10.3. The standard InChI is InChI=1S/C13H19N3O4S/c1-9(2)16(6-5-12(18)19)8-11(17)14-15-13(20)10-4-3-7-21-10/h3-4,7,9H,5-6,8H2,1-2H3,(H,14,17)(H,15,20)(H,18,19). The zero-order chi connectivity index (χ0) is 15.8. The molecule has 1 aromatic heterocycles. The van der Waals surface area contributed by atoms with E-state index in [1.165, 1.54) is 11.3 Å². The van der Waals surface area contributed by atoms with E-state index in [4.69, 9.17) is 5.11 Å². The molecule has 7 nitrogen and oxygen atoms in total. The molecule has 1 heterocycles. The molecule has 0 aliphatic heterocycles. The minimum atomic E-state index is -0.910. The van der Waals surface area contributed by atoms with Gasteiger partial charge < -0.3 is 5.11 Å². The molecular formula is C13H19N3O4S. The minimum Gasteiger partial charge on any atom is -0.481 e. The summed E-state index contributed by atoms with van der Waals surface area (Å²) in [5, 5.41) is 10.4. The number of amides is 2. The maximum atomic E-state index is 11.8. The fourth-order valence-corrected chi connectivity index (χ4v) is 2.20. The van der Waals surface area contributed by atoms with E-state index >= 15 is 0 Å². The number of nitrogens with zero attached hydrogens (tertiary/aromatic N) is 1. The third-order valence-corrected chi connectivity index (χ3v) is 3.62. The lowest BCUT2D eigenvalue weighted by Gasteiger charge is -2.24. The number of carboxylic acid groups (broad SMARTS) is 1. The first-order valence-corrected chi connectivity index (χ1v) is 7.36. The van der Waals surface area contributed by atoms with E-state index in [0.717, 1.165) is 0 Å². The Kier molecular flexibility index (Phi) is 6.83. The van der Waals surface area contributed by atoms with E-state index in [2.05, 4.69) is 10.9 Å². The van der Waals surface area contributed by atoms with Crippen LogP contribution >= 0.6 is 11.3 Å². The highest BCUT2D eigenvalue weighted by Crippen LogP contribution is 2.07. The van der Waals surface area contributed by atoms with Crippen LogP contribution in [0.15, 0.2) is 17.5 Å². The maximum absolute atomic E-state index is 11.8. The number of nitrogens with one attached hydrogen (secondary N) is 2. The van der Waals surface area contributed by atoms with Crippen molar-refractivity contribution in [3.8, 4) is 0 Å². The Hall–Kier alpha value is -1.93. The third kappa shape index (κ3) is 6.37. The van der Waals surface area contributed by atoms with Crippen LogP contribution in [0.1, 0.15) is 29.9 Å². The van der Waals surface area contributed by atoms with Crippen LogP contribution in [0.3, 0.4) is 0 Å². The van der Waals surface area contributed by atoms with Gasteiger partial charge >= 0.3 is 5.97 Å². The van der Waals surface area contributed by atoms with Crippen LogP contribution in [-0.4, -0.2) is 46.9 Å². The number of hydrazine groups is 1. The van der Waals surface area contributed by atoms with E-state index in [1.807, 2.05) is 13.8 Å². The van der Waals surface area contributed by atoms with Crippen LogP contribution in [-0.2, 0) is 9.59 Å². The average Bonchev–Trinajstić information content (AvgIpc) is 2.94. The Labute approximate surface area is 126 Å². The van der Waals surface area contributed by atoms with Crippen molar-refractivity contribution < 1.29 is 19.5 Å². The Morgan fingerprint density at radius 2 is 2.05 bits per heavy atom. The second-order valence-corrected chi connectivity index (χ2v) is 5.64. The number of carbonyl (C=O) groups excluding carboxylic acids is 2. The fourth-order valence-electron chi connectivity index (χ4n) is 1.58. The fraction of sp³-hybridized carbons (Fsp3) is 0.462. The zero-order valence-corrected chi connectivity index (χ0v) is 12.8. The maximum Gasteiger partial charge on any atom is 0.304 e. The third-order valence-electron chi connectivity index (χ3n) is 2.75. The van der Waals surface area contributed by atoms with Gasteiger partial charge in [-0.15, -0.1) is 11.3 Å². The molecule has 0 bridgehead atoms. The number of hydrogen-bond acceptors (Lipinski definition) is 5. The molecule has 0 spiro atoms. The van der Waals surface area contributed by atoms with Gasteiger partial charge in [-0.2, -0.15) is 0 Å². The Morgan fingerprint density at radius 1 is 1.33 bits per heavy atom. The van der Waals surface area contributed by atoms with Crippen LogP contribution in [0.4, 0.5) is 0 Å². The number of thiophene rings is 1. The zero-order valence-electron chi connectivity index (χ0n) is 12.0. The molecule has 0 fully saturated rings. The monoisotopic (exact) mass is 313 g/mol. The summed E-state index contributed by atoms with van der Waals surface area (Å²) in [5.41, 5.74) is 4.65. The summed E-state index contributed by atoms with van der Waals surface area (Å²) in [6.45, 7) is 4.05. The van der Waals surface area contributed by atoms with Crippen LogP contribution in [0.5, 0.6) is 0 Å². The average molecular weight is 313 g/mol. The van der Waals surface area contributed by atoms with E-state index in [-0.39, 0.29) is 37.4 Å². The number of rotatable bonds is 7. The molecule has 2 amide bonds. The van der Waals surface area contributed by atoms with Crippen molar-refractivity contribution in [2.45, 2.75) is 26.3 Å². The summed E-state index contributed by atoms with van der Waals surface area (Å²) in [7, 11) is 0. The molecule has 0 radical (unpaired) electrons. The molecule has 21 heavy (non-hydrogen) atoms. The molecule has 0 atom stereocenters. The second-order valence-electron chi connectivity index (χ2n) is 4.69. The van der Waals surface area contributed by atoms with Gasteiger partial charge in [0.2, 0.25) is 0 Å². The molecule has 116 valence electrons. The molecule has 8 heteroatoms. The SMILES string of the molecule is CC(C)N(CCC(=O)O)CC(=O)NNC(=O)c1cccs1. The predicted octanol–water partition coefficient (Wildman–Crippen LogP) is 0.694. The number of carbonyl (C=O) groups is 3. The highest BCUT2D eigenvalue weighted by molar-refractivity contribution is 7.12. The van der Waals surface area contributed by atoms with Gasteiger partial charge in [-0.25, -0.2) is 0 Å². The highest BCUT2D eigenvalue weighted by Gasteiger charge is 2.16. The minimum absolute atomic E-state index is 0.0235. The quantitative estimate of drug-likeness (QED) is 0.643. The van der Waals surface area contributed by atoms with Gasteiger partial charge in [0.05, 0.1) is 17.8 Å². The van der Waals surface area contributed by atoms with Crippen molar-refractivity contribution in [3.63, 3.8) is 0 Å². The van der Waals surface area contributed by atoms with Gasteiger partial charge in [0.25, 0.3) is 11.8 Å². The van der Waals surface area contributed by atoms with Crippen molar-refractivity contribution >= 4 is 29.1 Å². The summed E-state index contributed by atoms with van der Waals surface area (Å²) in [5.74, 6) is -1.67. The van der Waals surface area contributed by atoms with E-state index in [0.29, 0.717) is 4.88 Å². The number of carboxylic acids is 1. The van der Waals surface area contributed by atoms with E-state index in [9.17, 15) is 14.4 Å². The first-order valence-electron chi connectivity index (χ1n) is 6.48. The largest absolute Gasteiger partial charge is 0.481 e. The summed E-state index contributed by atoms with van der Waals surface area (Å²) < 4.78 is 0. The number of hydrogen-bond donors (Lipinski definition) is 3. The van der Waals surface area contributed by atoms with Crippen molar-refractivity contribution in [2.75, 3.05) is 13.1 Å². The smallest absolute Gasteiger partial charge is 0.304 e. The second kappa shape index (κ2) is 8.38. The van der Waals surface area contributed by atoms with Crippen molar-refractivity contribution in [3.05, 3.63) is 22.4 Å². The van der Waals surface area contributed by atoms with E-state index in [1.54, 1.807) is 22.4 Å². The number of aliphatic carboxylic acids is 1. The van der Waals surface area contributed by atoms with Crippen molar-refractivity contribution in [1.82, 2.24) is 15.8 Å². The molecule has 0 unspecified atom stereocenters. The Bertz CT molecular complexity index is 488. The van der Waals surface area contributed by atoms with Crippen molar-refractivity contribution in [2.24, 2.45) is 0 Å². The molecular weight excluding hydrogens is 294 g/mol. The van der Waals surface area contributed by atoms with E-state index < -0.39 is 5.97 Å². The Balaban J connectivity index is 2.39. The molecule has 0 aliphatic carbocycles. The predicted molar refractivity (Wildman–Crippen MR) is 78.9 cm³/mol. The molecule has 0 saturated heterocycles. The normalized spacial score (nSPS) is 10.7. The first-order chi connectivity index (χ1) is 9.90. The van der Waals surface area contributed by atoms with Gasteiger partial charge in [0, 0.05) is 12.6 Å². The molecule has 0 saturated carbocycles. The summed E-state index contributed by atoms with van der Waals surface area (Å²) in [6, 6.07) is 3.43. The topological polar surface area (TPSA) is 98.7 Å². The highest BCUT2D eigenvalue weighted by atomic mass is 32.1. The summed E-state index contributed by atoms with van der Waals surface area (Å²) >= 11 is 1.27. The van der Waals surface area contributed by atoms with Gasteiger partial charge in [-0.3, -0.25) is 30.1 Å².